The maximum absolute atomic E-state index is 12.4. The molecule has 1 aliphatic carbocycles. The Balaban J connectivity index is 2.30. The molecule has 4 unspecified atom stereocenters. The van der Waals surface area contributed by atoms with Gasteiger partial charge in [0.15, 0.2) is 11.5 Å². The highest BCUT2D eigenvalue weighted by Gasteiger charge is 2.33. The maximum atomic E-state index is 12.4. The standard InChI is InChI=1S/C29H43NO11/c1-6-18(4)37-28(34)40-22-14-13-20(15-23(22)41-29(35)38-19(5)7-2)24(25(30)26(31)32)17(3)16-36-27(33)39-21-11-9-8-10-12-21/h13-15,17-19,21,24-25H,6-12,16,30H2,1-5H3,(H,31,32)/t17?,18?,19?,24?,25-/m0/s1. The minimum Gasteiger partial charge on any atom is -0.480 e. The lowest BCUT2D eigenvalue weighted by Crippen LogP contribution is -2.40. The van der Waals surface area contributed by atoms with Gasteiger partial charge in [0.25, 0.3) is 0 Å². The number of hydrogen-bond acceptors (Lipinski definition) is 11. The third-order valence-electron chi connectivity index (χ3n) is 7.05. The molecule has 0 heterocycles. The van der Waals surface area contributed by atoms with Crippen molar-refractivity contribution in [3.05, 3.63) is 23.8 Å². The predicted octanol–water partition coefficient (Wildman–Crippen LogP) is 5.93. The molecule has 0 amide bonds. The van der Waals surface area contributed by atoms with Gasteiger partial charge in [-0.2, -0.15) is 0 Å². The molecule has 1 aliphatic rings. The lowest BCUT2D eigenvalue weighted by atomic mass is 9.82. The van der Waals surface area contributed by atoms with E-state index in [0.29, 0.717) is 18.4 Å². The van der Waals surface area contributed by atoms with E-state index in [1.54, 1.807) is 20.8 Å². The number of carbonyl (C=O) groups is 4. The monoisotopic (exact) mass is 581 g/mol. The average molecular weight is 582 g/mol. The van der Waals surface area contributed by atoms with Crippen molar-refractivity contribution < 1.29 is 52.7 Å². The van der Waals surface area contributed by atoms with E-state index in [9.17, 15) is 24.3 Å². The van der Waals surface area contributed by atoms with Crippen LogP contribution in [0.4, 0.5) is 14.4 Å². The number of carbonyl (C=O) groups excluding carboxylic acids is 3. The van der Waals surface area contributed by atoms with Gasteiger partial charge in [0.2, 0.25) is 0 Å². The van der Waals surface area contributed by atoms with Gasteiger partial charge in [-0.15, -0.1) is 0 Å². The number of aliphatic carboxylic acids is 1. The third kappa shape index (κ3) is 11.1. The molecule has 12 nitrogen and oxygen atoms in total. The number of ether oxygens (including phenoxy) is 6. The van der Waals surface area contributed by atoms with Crippen molar-refractivity contribution in [2.45, 2.75) is 110 Å². The summed E-state index contributed by atoms with van der Waals surface area (Å²) < 4.78 is 31.7. The van der Waals surface area contributed by atoms with Crippen molar-refractivity contribution in [2.24, 2.45) is 11.7 Å². The van der Waals surface area contributed by atoms with Crippen molar-refractivity contribution in [3.63, 3.8) is 0 Å². The van der Waals surface area contributed by atoms with E-state index < -0.39 is 54.5 Å². The van der Waals surface area contributed by atoms with Crippen LogP contribution in [-0.4, -0.2) is 60.5 Å². The zero-order valence-electron chi connectivity index (χ0n) is 24.5. The first-order chi connectivity index (χ1) is 19.4. The topological polar surface area (TPSA) is 170 Å². The van der Waals surface area contributed by atoms with Crippen LogP contribution >= 0.6 is 0 Å². The van der Waals surface area contributed by atoms with Crippen LogP contribution in [-0.2, 0) is 23.7 Å². The van der Waals surface area contributed by atoms with Gasteiger partial charge in [-0.3, -0.25) is 4.79 Å². The van der Waals surface area contributed by atoms with Gasteiger partial charge >= 0.3 is 24.4 Å². The minimum atomic E-state index is -1.41. The van der Waals surface area contributed by atoms with Crippen LogP contribution in [0.25, 0.3) is 0 Å². The van der Waals surface area contributed by atoms with E-state index in [-0.39, 0.29) is 24.2 Å². The second-order valence-electron chi connectivity index (χ2n) is 10.4. The third-order valence-corrected chi connectivity index (χ3v) is 7.05. The van der Waals surface area contributed by atoms with Crippen LogP contribution in [0.1, 0.15) is 91.0 Å². The van der Waals surface area contributed by atoms with Crippen LogP contribution in [0.3, 0.4) is 0 Å². The van der Waals surface area contributed by atoms with Crippen molar-refractivity contribution >= 4 is 24.4 Å². The first kappa shape index (κ1) is 33.7. The number of rotatable bonds is 13. The van der Waals surface area contributed by atoms with Crippen molar-refractivity contribution in [2.75, 3.05) is 6.61 Å². The molecule has 1 saturated carbocycles. The summed E-state index contributed by atoms with van der Waals surface area (Å²) in [6, 6.07) is 2.76. The van der Waals surface area contributed by atoms with Gasteiger partial charge in [0.1, 0.15) is 24.4 Å². The molecule has 5 atom stereocenters. The lowest BCUT2D eigenvalue weighted by Gasteiger charge is -2.28. The van der Waals surface area contributed by atoms with Gasteiger partial charge in [-0.05, 0) is 76.0 Å². The van der Waals surface area contributed by atoms with E-state index in [2.05, 4.69) is 0 Å². The fourth-order valence-corrected chi connectivity index (χ4v) is 4.32. The number of carboxylic acid groups (broad SMARTS) is 1. The molecule has 0 aliphatic heterocycles. The molecule has 0 spiro atoms. The Kier molecular flexibility index (Phi) is 13.7. The summed E-state index contributed by atoms with van der Waals surface area (Å²) in [5, 5.41) is 9.73. The quantitative estimate of drug-likeness (QED) is 0.160. The Bertz CT molecular complexity index is 1020. The highest BCUT2D eigenvalue weighted by molar-refractivity contribution is 5.75. The van der Waals surface area contributed by atoms with Gasteiger partial charge in [0.05, 0.1) is 6.61 Å². The second-order valence-corrected chi connectivity index (χ2v) is 10.4. The molecule has 1 aromatic carbocycles. The smallest absolute Gasteiger partial charge is 0.480 e. The maximum Gasteiger partial charge on any atom is 0.514 e. The molecule has 0 radical (unpaired) electrons. The Hall–Kier alpha value is -3.54. The van der Waals surface area contributed by atoms with Crippen molar-refractivity contribution in [1.82, 2.24) is 0 Å². The Morgan fingerprint density at radius 1 is 0.878 bits per heavy atom. The van der Waals surface area contributed by atoms with E-state index in [0.717, 1.165) is 32.1 Å². The molecule has 0 saturated heterocycles. The Morgan fingerprint density at radius 2 is 1.44 bits per heavy atom. The van der Waals surface area contributed by atoms with E-state index in [4.69, 9.17) is 34.2 Å². The highest BCUT2D eigenvalue weighted by Crippen LogP contribution is 2.36. The van der Waals surface area contributed by atoms with Gasteiger partial charge in [0, 0.05) is 5.92 Å². The molecule has 0 aromatic heterocycles. The summed E-state index contributed by atoms with van der Waals surface area (Å²) in [6.45, 7) is 8.53. The van der Waals surface area contributed by atoms with Gasteiger partial charge < -0.3 is 39.3 Å². The van der Waals surface area contributed by atoms with E-state index in [1.165, 1.54) is 18.2 Å². The summed E-state index contributed by atoms with van der Waals surface area (Å²) >= 11 is 0. The van der Waals surface area contributed by atoms with Gasteiger partial charge in [-0.1, -0.05) is 33.3 Å². The van der Waals surface area contributed by atoms with Crippen LogP contribution in [0.5, 0.6) is 11.5 Å². The van der Waals surface area contributed by atoms with Crippen molar-refractivity contribution in [3.8, 4) is 11.5 Å². The molecule has 1 fully saturated rings. The summed E-state index contributed by atoms with van der Waals surface area (Å²) in [7, 11) is 0. The molecular weight excluding hydrogens is 538 g/mol. The van der Waals surface area contributed by atoms with E-state index >= 15 is 0 Å². The van der Waals surface area contributed by atoms with Gasteiger partial charge in [-0.25, -0.2) is 14.4 Å². The summed E-state index contributed by atoms with van der Waals surface area (Å²) in [6.07, 6.45) is 1.78. The van der Waals surface area contributed by atoms with Crippen LogP contribution in [0, 0.1) is 5.92 Å². The second kappa shape index (κ2) is 16.7. The fourth-order valence-electron chi connectivity index (χ4n) is 4.32. The number of carboxylic acids is 1. The summed E-state index contributed by atoms with van der Waals surface area (Å²) in [5.74, 6) is -3.14. The molecule has 3 N–H and O–H groups in total. The average Bonchev–Trinajstić information content (AvgIpc) is 2.93. The fraction of sp³-hybridized carbons (Fsp3) is 0.655. The van der Waals surface area contributed by atoms with E-state index in [1.807, 2.05) is 13.8 Å². The molecular formula is C29H43NO11. The first-order valence-electron chi connectivity index (χ1n) is 14.2. The molecule has 0 bridgehead atoms. The Morgan fingerprint density at radius 3 is 1.98 bits per heavy atom. The van der Waals surface area contributed by atoms with Crippen LogP contribution in [0.2, 0.25) is 0 Å². The first-order valence-corrected chi connectivity index (χ1v) is 14.2. The Labute approximate surface area is 240 Å². The zero-order chi connectivity index (χ0) is 30.5. The molecule has 41 heavy (non-hydrogen) atoms. The van der Waals surface area contributed by atoms with Crippen molar-refractivity contribution in [1.29, 1.82) is 0 Å². The van der Waals surface area contributed by atoms with Crippen LogP contribution < -0.4 is 15.2 Å². The number of benzene rings is 1. The largest absolute Gasteiger partial charge is 0.514 e. The minimum absolute atomic E-state index is 0.147. The molecule has 12 heteroatoms. The summed E-state index contributed by atoms with van der Waals surface area (Å²) in [5.41, 5.74) is 6.40. The molecule has 230 valence electrons. The SMILES string of the molecule is CCC(C)OC(=O)Oc1ccc(C(C(C)COC(=O)OC2CCCCC2)[C@H](N)C(=O)O)cc1OC(=O)OC(C)CC. The number of hydrogen-bond donors (Lipinski definition) is 2. The normalized spacial score (nSPS) is 17.2. The molecule has 2 rings (SSSR count). The summed E-state index contributed by atoms with van der Waals surface area (Å²) in [4.78, 5) is 48.9. The predicted molar refractivity (Wildman–Crippen MR) is 147 cm³/mol. The van der Waals surface area contributed by atoms with Crippen LogP contribution in [0.15, 0.2) is 18.2 Å². The zero-order valence-corrected chi connectivity index (χ0v) is 24.5. The number of nitrogens with two attached hydrogens (primary N) is 1. The molecule has 1 aromatic rings. The lowest BCUT2D eigenvalue weighted by molar-refractivity contribution is -0.139. The highest BCUT2D eigenvalue weighted by atomic mass is 16.8.